The molecule has 4 aromatic carbocycles. The first-order chi connectivity index (χ1) is 44.1. The van der Waals surface area contributed by atoms with E-state index in [2.05, 4.69) is 58.5 Å². The Labute approximate surface area is 533 Å². The van der Waals surface area contributed by atoms with Crippen LogP contribution in [0.1, 0.15) is 73.9 Å². The number of hydrogen-bond donors (Lipinski definition) is 18. The predicted octanol–water partition coefficient (Wildman–Crippen LogP) is -4.67. The molecular formula is C63H88N16O13. The molecule has 0 spiro atoms. The topological polar surface area (TPSA) is 491 Å². The van der Waals surface area contributed by atoms with E-state index in [0.29, 0.717) is 11.1 Å². The Morgan fingerprint density at radius 2 is 0.891 bits per heavy atom. The van der Waals surface area contributed by atoms with Crippen molar-refractivity contribution in [2.45, 2.75) is 138 Å². The summed E-state index contributed by atoms with van der Waals surface area (Å²) in [6.07, 6.45) is -5.01. The van der Waals surface area contributed by atoms with Crippen LogP contribution in [0.3, 0.4) is 0 Å². The summed E-state index contributed by atoms with van der Waals surface area (Å²) in [5.41, 5.74) is 32.7. The van der Waals surface area contributed by atoms with Gasteiger partial charge < -0.3 is 97.4 Å². The van der Waals surface area contributed by atoms with Gasteiger partial charge in [-0.3, -0.25) is 52.7 Å². The zero-order valence-electron chi connectivity index (χ0n) is 51.6. The van der Waals surface area contributed by atoms with Crippen molar-refractivity contribution in [2.75, 3.05) is 39.3 Å². The van der Waals surface area contributed by atoms with Gasteiger partial charge >= 0.3 is 0 Å². The van der Waals surface area contributed by atoms with Crippen LogP contribution in [-0.4, -0.2) is 187 Å². The molecule has 0 saturated carbocycles. The van der Waals surface area contributed by atoms with E-state index < -0.39 is 151 Å². The number of rotatable bonds is 25. The minimum absolute atomic E-state index is 0.0707. The largest absolute Gasteiger partial charge is 0.391 e. The zero-order valence-corrected chi connectivity index (χ0v) is 51.6. The van der Waals surface area contributed by atoms with Crippen LogP contribution < -0.4 is 87.2 Å². The summed E-state index contributed by atoms with van der Waals surface area (Å²) in [5.74, 6) is -10.3. The second-order valence-corrected chi connectivity index (χ2v) is 22.2. The van der Waals surface area contributed by atoms with E-state index in [9.17, 15) is 63.0 Å². The summed E-state index contributed by atoms with van der Waals surface area (Å²) in [7, 11) is 0. The highest BCUT2D eigenvalue weighted by molar-refractivity contribution is 6.00. The van der Waals surface area contributed by atoms with Gasteiger partial charge in [-0.25, -0.2) is 0 Å². The predicted molar refractivity (Wildman–Crippen MR) is 340 cm³/mol. The molecule has 29 heteroatoms. The number of carbonyl (C=O) groups excluding carboxylic acids is 11. The number of carbonyl (C=O) groups is 11. The average molecular weight is 1280 g/mol. The molecule has 1 fully saturated rings. The molecule has 92 heavy (non-hydrogen) atoms. The second kappa shape index (κ2) is 37.8. The molecule has 5 rings (SSSR count). The van der Waals surface area contributed by atoms with Crippen molar-refractivity contribution >= 4 is 65.0 Å². The molecule has 23 N–H and O–H groups in total. The molecule has 12 atom stereocenters. The van der Waals surface area contributed by atoms with Gasteiger partial charge in [-0.2, -0.15) is 0 Å². The van der Waals surface area contributed by atoms with Crippen LogP contribution in [0.2, 0.25) is 0 Å². The van der Waals surface area contributed by atoms with Crippen LogP contribution in [0.5, 0.6) is 0 Å². The lowest BCUT2D eigenvalue weighted by Crippen LogP contribution is -2.62. The van der Waals surface area contributed by atoms with Crippen molar-refractivity contribution in [3.63, 3.8) is 0 Å². The van der Waals surface area contributed by atoms with Crippen LogP contribution in [0.25, 0.3) is 11.1 Å². The standard InChI is InChI=1S/C63H88N16O13/c1-36(80)51-62(91)69-33-27-48(74-55(84)45(24-30-66)75-63(92)52(37(2)81)79-58(87)46(25-31-67)70-53(82)42-16-10-5-11-17-42)57(86)71-44(23-29-65)56(85)76-49(34-38-12-6-3-7-13-38)61(90)77-50(35-39-18-20-41(21-19-39)40-14-8-4-9-15-40)60(89)73-43(22-28-64)54(83)72-47(26-32-68)59(88)78-51/h3-21,36-37,43-52,80-81H,22-35,64-68H2,1-2H3,(H,69,91)(H,70,82)(H,71,86)(H,72,83)(H,73,89)(H,74,84)(H,75,92)(H,76,85)(H,77,90)(H,78,88)(H,79,87)/t36-,37-,43+,44+,45+,46+,47+,48+,49-,50+,51+,52+/m1/s1. The van der Waals surface area contributed by atoms with Gasteiger partial charge in [0.2, 0.25) is 59.1 Å². The average Bonchev–Trinajstić information content (AvgIpc) is 1.30. The lowest BCUT2D eigenvalue weighted by atomic mass is 9.99. The number of aliphatic hydroxyl groups is 2. The normalized spacial score (nSPS) is 21.5. The molecule has 1 saturated heterocycles. The maximum Gasteiger partial charge on any atom is 0.251 e. The third-order valence-electron chi connectivity index (χ3n) is 15.0. The maximum absolute atomic E-state index is 14.9. The van der Waals surface area contributed by atoms with E-state index in [4.69, 9.17) is 28.7 Å². The molecule has 0 radical (unpaired) electrons. The number of hydrogen-bond acceptors (Lipinski definition) is 18. The van der Waals surface area contributed by atoms with Crippen LogP contribution in [0.4, 0.5) is 0 Å². The summed E-state index contributed by atoms with van der Waals surface area (Å²) in [4.78, 5) is 156. The van der Waals surface area contributed by atoms with Crippen LogP contribution in [0.15, 0.2) is 115 Å². The number of nitrogens with one attached hydrogen (secondary N) is 11. The monoisotopic (exact) mass is 1280 g/mol. The fourth-order valence-corrected chi connectivity index (χ4v) is 9.91. The molecule has 1 aliphatic rings. The molecule has 29 nitrogen and oxygen atoms in total. The lowest BCUT2D eigenvalue weighted by Gasteiger charge is -2.28. The minimum Gasteiger partial charge on any atom is -0.391 e. The number of amides is 11. The van der Waals surface area contributed by atoms with E-state index >= 15 is 0 Å². The smallest absolute Gasteiger partial charge is 0.251 e. The number of nitrogens with two attached hydrogens (primary N) is 5. The fraction of sp³-hybridized carbons (Fsp3) is 0.444. The van der Waals surface area contributed by atoms with Crippen LogP contribution in [0, 0.1) is 0 Å². The molecule has 0 aliphatic carbocycles. The Kier molecular flexibility index (Phi) is 30.2. The van der Waals surface area contributed by atoms with Gasteiger partial charge in [0.25, 0.3) is 5.91 Å². The maximum atomic E-state index is 14.9. The number of aliphatic hydroxyl groups excluding tert-OH is 2. The van der Waals surface area contributed by atoms with Gasteiger partial charge in [-0.1, -0.05) is 103 Å². The first kappa shape index (κ1) is 73.5. The number of benzene rings is 4. The van der Waals surface area contributed by atoms with Crippen LogP contribution >= 0.6 is 0 Å². The fourth-order valence-electron chi connectivity index (χ4n) is 9.91. The van der Waals surface area contributed by atoms with Crippen molar-refractivity contribution in [1.82, 2.24) is 58.5 Å². The van der Waals surface area contributed by atoms with Crippen molar-refractivity contribution in [3.05, 3.63) is 132 Å². The molecule has 1 aliphatic heterocycles. The van der Waals surface area contributed by atoms with Gasteiger partial charge in [0.15, 0.2) is 0 Å². The van der Waals surface area contributed by atoms with Crippen molar-refractivity contribution in [2.24, 2.45) is 28.7 Å². The molecule has 498 valence electrons. The van der Waals surface area contributed by atoms with Gasteiger partial charge in [0.05, 0.1) is 12.2 Å². The summed E-state index contributed by atoms with van der Waals surface area (Å²) >= 11 is 0. The van der Waals surface area contributed by atoms with E-state index in [-0.39, 0.29) is 83.2 Å². The van der Waals surface area contributed by atoms with Gasteiger partial charge in [-0.15, -0.1) is 0 Å². The van der Waals surface area contributed by atoms with E-state index in [1.165, 1.54) is 26.0 Å². The highest BCUT2D eigenvalue weighted by Crippen LogP contribution is 2.20. The summed E-state index contributed by atoms with van der Waals surface area (Å²) in [6, 6.07) is 17.7. The van der Waals surface area contributed by atoms with Crippen molar-refractivity contribution in [1.29, 1.82) is 0 Å². The quantitative estimate of drug-likeness (QED) is 0.0297. The molecular weight excluding hydrogens is 1190 g/mol. The molecule has 0 unspecified atom stereocenters. The zero-order chi connectivity index (χ0) is 67.3. The van der Waals surface area contributed by atoms with Gasteiger partial charge in [-0.05, 0) is 119 Å². The molecule has 0 aromatic heterocycles. The highest BCUT2D eigenvalue weighted by atomic mass is 16.3. The Balaban J connectivity index is 1.52. The first-order valence-corrected chi connectivity index (χ1v) is 30.5. The van der Waals surface area contributed by atoms with Crippen molar-refractivity contribution in [3.8, 4) is 11.1 Å². The Morgan fingerprint density at radius 1 is 0.467 bits per heavy atom. The molecule has 1 heterocycles. The Hall–Kier alpha value is -9.23. The second-order valence-electron chi connectivity index (χ2n) is 22.2. The summed E-state index contributed by atoms with van der Waals surface area (Å²) < 4.78 is 0. The third-order valence-corrected chi connectivity index (χ3v) is 15.0. The lowest BCUT2D eigenvalue weighted by molar-refractivity contribution is -0.136. The molecule has 0 bridgehead atoms. The Morgan fingerprint density at radius 3 is 1.37 bits per heavy atom. The summed E-state index contributed by atoms with van der Waals surface area (Å²) in [6.45, 7) is 1.04. The Bertz CT molecular complexity index is 3090. The van der Waals surface area contributed by atoms with Gasteiger partial charge in [0.1, 0.15) is 60.4 Å². The van der Waals surface area contributed by atoms with E-state index in [1.807, 2.05) is 42.5 Å². The SMILES string of the molecule is C[C@@H](O)[C@@H]1NC(=O)[C@H](CCN)NC(=O)[C@H](CCN)NC(=O)[C@H](Cc2ccc(-c3ccccc3)cc2)NC(=O)[C@@H](Cc2ccccc2)NC(=O)[C@H](CCN)NC(=O)[C@@H](NC(=O)[C@H](CCN)NC(=O)[C@@H](NC(=O)[C@H](CCN)NC(=O)c2ccccc2)[C@@H](C)O)CCNC1=O. The van der Waals surface area contributed by atoms with Crippen molar-refractivity contribution < 1.29 is 63.0 Å². The minimum atomic E-state index is -1.74. The molecule has 11 amide bonds. The first-order valence-electron chi connectivity index (χ1n) is 30.5. The molecule has 4 aromatic rings. The third kappa shape index (κ3) is 22.9. The van der Waals surface area contributed by atoms with Gasteiger partial charge in [0, 0.05) is 24.9 Å². The van der Waals surface area contributed by atoms with E-state index in [1.54, 1.807) is 60.7 Å². The summed E-state index contributed by atoms with van der Waals surface area (Å²) in [5, 5.41) is 49.9. The van der Waals surface area contributed by atoms with Crippen LogP contribution in [-0.2, 0) is 60.8 Å². The van der Waals surface area contributed by atoms with E-state index in [0.717, 1.165) is 11.1 Å². The highest BCUT2D eigenvalue weighted by Gasteiger charge is 2.38.